The highest BCUT2D eigenvalue weighted by atomic mass is 16.6. The number of aromatic nitrogens is 1. The second-order valence-electron chi connectivity index (χ2n) is 5.05. The second kappa shape index (κ2) is 5.48. The van der Waals surface area contributed by atoms with Crippen LogP contribution in [0.2, 0.25) is 0 Å². The lowest BCUT2D eigenvalue weighted by Crippen LogP contribution is -2.47. The summed E-state index contributed by atoms with van der Waals surface area (Å²) < 4.78 is 4.96. The minimum atomic E-state index is -0.223. The van der Waals surface area contributed by atoms with E-state index in [0.717, 1.165) is 12.8 Å². The number of amides is 2. The van der Waals surface area contributed by atoms with Gasteiger partial charge in [0, 0.05) is 25.3 Å². The zero-order valence-corrected chi connectivity index (χ0v) is 11.2. The predicted octanol–water partition coefficient (Wildman–Crippen LogP) is 1.14. The van der Waals surface area contributed by atoms with Gasteiger partial charge in [0.1, 0.15) is 12.3 Å². The molecule has 0 radical (unpaired) electrons. The van der Waals surface area contributed by atoms with Crippen LogP contribution >= 0.6 is 0 Å². The molecule has 3 rings (SSSR count). The quantitative estimate of drug-likeness (QED) is 0.812. The molecule has 106 valence electrons. The predicted molar refractivity (Wildman–Crippen MR) is 71.2 cm³/mol. The number of carbonyl (C=O) groups excluding carboxylic acids is 2. The van der Waals surface area contributed by atoms with Gasteiger partial charge in [-0.05, 0) is 25.0 Å². The molecule has 0 N–H and O–H groups in total. The molecule has 2 aliphatic heterocycles. The highest BCUT2D eigenvalue weighted by Gasteiger charge is 2.33. The molecule has 0 aromatic carbocycles. The van der Waals surface area contributed by atoms with E-state index in [-0.39, 0.29) is 18.0 Å². The third-order valence-corrected chi connectivity index (χ3v) is 3.87. The van der Waals surface area contributed by atoms with Gasteiger partial charge in [0.15, 0.2) is 0 Å². The lowest BCUT2D eigenvalue weighted by atomic mass is 10.0. The van der Waals surface area contributed by atoms with E-state index in [0.29, 0.717) is 31.9 Å². The van der Waals surface area contributed by atoms with Crippen LogP contribution in [0.3, 0.4) is 0 Å². The SMILES string of the molecule is O=C(c1ccccn1)N1CCC(N2CCOC2=O)CC1. The fraction of sp³-hybridized carbons (Fsp3) is 0.500. The van der Waals surface area contributed by atoms with Crippen LogP contribution < -0.4 is 0 Å². The fourth-order valence-corrected chi connectivity index (χ4v) is 2.77. The fourth-order valence-electron chi connectivity index (χ4n) is 2.77. The minimum absolute atomic E-state index is 0.0342. The molecule has 6 nitrogen and oxygen atoms in total. The first-order valence-corrected chi connectivity index (χ1v) is 6.89. The summed E-state index contributed by atoms with van der Waals surface area (Å²) in [6.45, 7) is 2.46. The van der Waals surface area contributed by atoms with Crippen LogP contribution in [0.15, 0.2) is 24.4 Å². The third kappa shape index (κ3) is 2.45. The molecule has 6 heteroatoms. The van der Waals surface area contributed by atoms with Crippen molar-refractivity contribution in [2.24, 2.45) is 0 Å². The maximum atomic E-state index is 12.3. The summed E-state index contributed by atoms with van der Waals surface area (Å²) in [4.78, 5) is 31.4. The second-order valence-corrected chi connectivity index (χ2v) is 5.05. The number of hydrogen-bond acceptors (Lipinski definition) is 4. The summed E-state index contributed by atoms with van der Waals surface area (Å²) in [7, 11) is 0. The van der Waals surface area contributed by atoms with E-state index in [1.165, 1.54) is 0 Å². The number of rotatable bonds is 2. The van der Waals surface area contributed by atoms with Gasteiger partial charge in [-0.2, -0.15) is 0 Å². The van der Waals surface area contributed by atoms with Gasteiger partial charge in [-0.1, -0.05) is 6.07 Å². The number of hydrogen-bond donors (Lipinski definition) is 0. The van der Waals surface area contributed by atoms with Crippen molar-refractivity contribution >= 4 is 12.0 Å². The Labute approximate surface area is 117 Å². The molecule has 0 saturated carbocycles. The molecule has 2 fully saturated rings. The standard InChI is InChI=1S/C14H17N3O3/c18-13(12-3-1-2-6-15-12)16-7-4-11(5-8-16)17-9-10-20-14(17)19/h1-3,6,11H,4-5,7-10H2. The topological polar surface area (TPSA) is 62.7 Å². The molecule has 0 aliphatic carbocycles. The van der Waals surface area contributed by atoms with Crippen LogP contribution in [0.25, 0.3) is 0 Å². The zero-order chi connectivity index (χ0) is 13.9. The monoisotopic (exact) mass is 275 g/mol. The zero-order valence-electron chi connectivity index (χ0n) is 11.2. The first-order chi connectivity index (χ1) is 9.75. The molecule has 2 amide bonds. The molecule has 0 bridgehead atoms. The van der Waals surface area contributed by atoms with Crippen molar-refractivity contribution in [1.82, 2.24) is 14.8 Å². The van der Waals surface area contributed by atoms with Gasteiger partial charge in [-0.25, -0.2) is 4.79 Å². The number of piperidine rings is 1. The summed E-state index contributed by atoms with van der Waals surface area (Å²) in [6.07, 6.45) is 3.00. The van der Waals surface area contributed by atoms with Crippen molar-refractivity contribution in [2.75, 3.05) is 26.2 Å². The number of carbonyl (C=O) groups is 2. The van der Waals surface area contributed by atoms with Gasteiger partial charge < -0.3 is 14.5 Å². The Bertz CT molecular complexity index is 498. The maximum absolute atomic E-state index is 12.3. The van der Waals surface area contributed by atoms with Gasteiger partial charge in [-0.3, -0.25) is 9.78 Å². The Morgan fingerprint density at radius 1 is 1.25 bits per heavy atom. The average Bonchev–Trinajstić information content (AvgIpc) is 2.94. The van der Waals surface area contributed by atoms with Gasteiger partial charge in [0.05, 0.1) is 6.54 Å². The molecule has 1 aromatic rings. The normalized spacial score (nSPS) is 20.1. The number of cyclic esters (lactones) is 1. The number of nitrogens with zero attached hydrogens (tertiary/aromatic N) is 3. The van der Waals surface area contributed by atoms with Crippen molar-refractivity contribution < 1.29 is 14.3 Å². The smallest absolute Gasteiger partial charge is 0.410 e. The Hall–Kier alpha value is -2.11. The van der Waals surface area contributed by atoms with E-state index in [4.69, 9.17) is 4.74 Å². The molecular weight excluding hydrogens is 258 g/mol. The van der Waals surface area contributed by atoms with E-state index in [2.05, 4.69) is 4.98 Å². The molecule has 3 heterocycles. The van der Waals surface area contributed by atoms with Gasteiger partial charge in [0.2, 0.25) is 0 Å². The largest absolute Gasteiger partial charge is 0.448 e. The average molecular weight is 275 g/mol. The Morgan fingerprint density at radius 3 is 2.65 bits per heavy atom. The first kappa shape index (κ1) is 12.9. The first-order valence-electron chi connectivity index (χ1n) is 6.89. The molecule has 0 spiro atoms. The maximum Gasteiger partial charge on any atom is 0.410 e. The van der Waals surface area contributed by atoms with Crippen molar-refractivity contribution in [3.8, 4) is 0 Å². The Kier molecular flexibility index (Phi) is 3.54. The molecule has 0 unspecified atom stereocenters. The third-order valence-electron chi connectivity index (χ3n) is 3.87. The molecule has 2 aliphatic rings. The molecule has 1 aromatic heterocycles. The molecule has 2 saturated heterocycles. The van der Waals surface area contributed by atoms with Gasteiger partial charge >= 0.3 is 6.09 Å². The summed E-state index contributed by atoms with van der Waals surface area (Å²) >= 11 is 0. The summed E-state index contributed by atoms with van der Waals surface area (Å²) in [6, 6.07) is 5.53. The molecule has 0 atom stereocenters. The Balaban J connectivity index is 1.58. The van der Waals surface area contributed by atoms with Crippen molar-refractivity contribution in [2.45, 2.75) is 18.9 Å². The van der Waals surface area contributed by atoms with E-state index < -0.39 is 0 Å². The number of pyridine rings is 1. The van der Waals surface area contributed by atoms with E-state index in [1.54, 1.807) is 28.1 Å². The van der Waals surface area contributed by atoms with Crippen molar-refractivity contribution in [1.29, 1.82) is 0 Å². The summed E-state index contributed by atoms with van der Waals surface area (Å²) in [5.74, 6) is -0.0342. The van der Waals surface area contributed by atoms with Gasteiger partial charge in [-0.15, -0.1) is 0 Å². The highest BCUT2D eigenvalue weighted by Crippen LogP contribution is 2.20. The van der Waals surface area contributed by atoms with Crippen LogP contribution in [0, 0.1) is 0 Å². The summed E-state index contributed by atoms with van der Waals surface area (Å²) in [5.41, 5.74) is 0.478. The Morgan fingerprint density at radius 2 is 2.05 bits per heavy atom. The molecular formula is C14H17N3O3. The van der Waals surface area contributed by atoms with Crippen molar-refractivity contribution in [3.63, 3.8) is 0 Å². The van der Waals surface area contributed by atoms with Crippen LogP contribution in [0.1, 0.15) is 23.3 Å². The lowest BCUT2D eigenvalue weighted by molar-refractivity contribution is 0.0653. The number of ether oxygens (including phenoxy) is 1. The highest BCUT2D eigenvalue weighted by molar-refractivity contribution is 5.92. The van der Waals surface area contributed by atoms with Crippen LogP contribution in [0.5, 0.6) is 0 Å². The summed E-state index contributed by atoms with van der Waals surface area (Å²) in [5, 5.41) is 0. The van der Waals surface area contributed by atoms with Crippen molar-refractivity contribution in [3.05, 3.63) is 30.1 Å². The lowest BCUT2D eigenvalue weighted by Gasteiger charge is -2.35. The van der Waals surface area contributed by atoms with Crippen LogP contribution in [-0.4, -0.2) is 59.1 Å². The van der Waals surface area contributed by atoms with E-state index >= 15 is 0 Å². The number of likely N-dealkylation sites (tertiary alicyclic amines) is 1. The minimum Gasteiger partial charge on any atom is -0.448 e. The van der Waals surface area contributed by atoms with E-state index in [9.17, 15) is 9.59 Å². The van der Waals surface area contributed by atoms with Crippen LogP contribution in [0.4, 0.5) is 4.79 Å². The molecule has 20 heavy (non-hydrogen) atoms. The van der Waals surface area contributed by atoms with Crippen LogP contribution in [-0.2, 0) is 4.74 Å². The van der Waals surface area contributed by atoms with E-state index in [1.807, 2.05) is 6.07 Å². The van der Waals surface area contributed by atoms with Gasteiger partial charge in [0.25, 0.3) is 5.91 Å².